The van der Waals surface area contributed by atoms with Crippen LogP contribution in [0.3, 0.4) is 0 Å². The van der Waals surface area contributed by atoms with E-state index < -0.39 is 0 Å². The van der Waals surface area contributed by atoms with Crippen LogP contribution in [0, 0.1) is 0 Å². The summed E-state index contributed by atoms with van der Waals surface area (Å²) in [5.74, 6) is 0.563. The van der Waals surface area contributed by atoms with Crippen LogP contribution in [-0.4, -0.2) is 6.61 Å². The Balaban J connectivity index is 2.44. The van der Waals surface area contributed by atoms with Crippen molar-refractivity contribution in [3.8, 4) is 0 Å². The van der Waals surface area contributed by atoms with Gasteiger partial charge >= 0.3 is 0 Å². The number of halogens is 1. The summed E-state index contributed by atoms with van der Waals surface area (Å²) in [5.41, 5.74) is 2.30. The highest BCUT2D eigenvalue weighted by molar-refractivity contribution is 6.17. The summed E-state index contributed by atoms with van der Waals surface area (Å²) in [5, 5.41) is 0. The molecule has 1 aromatic carbocycles. The van der Waals surface area contributed by atoms with Crippen molar-refractivity contribution in [2.24, 2.45) is 0 Å². The molecule has 13 heavy (non-hydrogen) atoms. The van der Waals surface area contributed by atoms with Crippen molar-refractivity contribution >= 4 is 11.6 Å². The van der Waals surface area contributed by atoms with Crippen molar-refractivity contribution in [1.82, 2.24) is 0 Å². The van der Waals surface area contributed by atoms with E-state index in [1.165, 1.54) is 0 Å². The highest BCUT2D eigenvalue weighted by atomic mass is 35.5. The van der Waals surface area contributed by atoms with Crippen LogP contribution in [0.2, 0.25) is 0 Å². The Bertz CT molecular complexity index is 253. The summed E-state index contributed by atoms with van der Waals surface area (Å²) >= 11 is 5.66. The average molecular weight is 197 g/mol. The van der Waals surface area contributed by atoms with Gasteiger partial charge in [-0.1, -0.05) is 30.3 Å². The Hall–Kier alpha value is -0.790. The van der Waals surface area contributed by atoms with E-state index in [-0.39, 0.29) is 0 Å². The zero-order chi connectivity index (χ0) is 9.52. The van der Waals surface area contributed by atoms with Crippen LogP contribution >= 0.6 is 11.6 Å². The number of hydrogen-bond donors (Lipinski definition) is 0. The fraction of sp³-hybridized carbons (Fsp3) is 0.273. The highest BCUT2D eigenvalue weighted by Gasteiger charge is 1.92. The minimum atomic E-state index is 0.563. The topological polar surface area (TPSA) is 9.23 Å². The summed E-state index contributed by atoms with van der Waals surface area (Å²) in [6, 6.07) is 8.08. The molecule has 1 aromatic rings. The van der Waals surface area contributed by atoms with Gasteiger partial charge in [-0.05, 0) is 11.1 Å². The van der Waals surface area contributed by atoms with E-state index in [9.17, 15) is 0 Å². The average Bonchev–Trinajstić information content (AvgIpc) is 2.19. The van der Waals surface area contributed by atoms with Crippen LogP contribution in [-0.2, 0) is 17.2 Å². The molecule has 0 aliphatic heterocycles. The first kappa shape index (κ1) is 10.3. The minimum Gasteiger partial charge on any atom is -0.373 e. The molecule has 0 atom stereocenters. The lowest BCUT2D eigenvalue weighted by atomic mass is 10.2. The Morgan fingerprint density at radius 2 is 1.85 bits per heavy atom. The molecule has 2 heteroatoms. The van der Waals surface area contributed by atoms with Crippen LogP contribution < -0.4 is 0 Å². The third-order valence-electron chi connectivity index (χ3n) is 1.68. The van der Waals surface area contributed by atoms with Gasteiger partial charge in [0.2, 0.25) is 0 Å². The predicted molar refractivity (Wildman–Crippen MR) is 55.9 cm³/mol. The van der Waals surface area contributed by atoms with Crippen LogP contribution in [0.1, 0.15) is 11.1 Å². The molecule has 1 rings (SSSR count). The van der Waals surface area contributed by atoms with Crippen molar-refractivity contribution in [2.45, 2.75) is 12.5 Å². The van der Waals surface area contributed by atoms with Crippen molar-refractivity contribution in [3.05, 3.63) is 48.0 Å². The zero-order valence-corrected chi connectivity index (χ0v) is 8.26. The van der Waals surface area contributed by atoms with E-state index in [1.807, 2.05) is 24.3 Å². The SMILES string of the molecule is C=CCOCc1ccc(CCl)cc1. The number of alkyl halides is 1. The smallest absolute Gasteiger partial charge is 0.0721 e. The van der Waals surface area contributed by atoms with E-state index >= 15 is 0 Å². The van der Waals surface area contributed by atoms with E-state index in [0.29, 0.717) is 19.1 Å². The fourth-order valence-electron chi connectivity index (χ4n) is 0.985. The molecule has 0 aromatic heterocycles. The Labute approximate surface area is 84.0 Å². The lowest BCUT2D eigenvalue weighted by Gasteiger charge is -2.02. The quantitative estimate of drug-likeness (QED) is 0.400. The van der Waals surface area contributed by atoms with Gasteiger partial charge in [0.25, 0.3) is 0 Å². The minimum absolute atomic E-state index is 0.563. The number of rotatable bonds is 5. The first-order valence-electron chi connectivity index (χ1n) is 4.19. The summed E-state index contributed by atoms with van der Waals surface area (Å²) in [6.07, 6.45) is 1.74. The van der Waals surface area contributed by atoms with Crippen molar-refractivity contribution in [2.75, 3.05) is 6.61 Å². The van der Waals surface area contributed by atoms with E-state index in [1.54, 1.807) is 6.08 Å². The normalized spacial score (nSPS) is 9.92. The molecule has 0 fully saturated rings. The molecule has 0 amide bonds. The van der Waals surface area contributed by atoms with Crippen molar-refractivity contribution < 1.29 is 4.74 Å². The molecule has 1 nitrogen and oxygen atoms in total. The van der Waals surface area contributed by atoms with Gasteiger partial charge in [-0.25, -0.2) is 0 Å². The van der Waals surface area contributed by atoms with E-state index in [2.05, 4.69) is 6.58 Å². The molecular formula is C11H13ClO. The number of ether oxygens (including phenoxy) is 1. The van der Waals surface area contributed by atoms with Gasteiger partial charge in [0.05, 0.1) is 13.2 Å². The molecule has 0 aliphatic rings. The second kappa shape index (κ2) is 5.79. The van der Waals surface area contributed by atoms with Crippen LogP contribution in [0.15, 0.2) is 36.9 Å². The molecule has 0 aliphatic carbocycles. The Morgan fingerprint density at radius 3 is 2.38 bits per heavy atom. The lowest BCUT2D eigenvalue weighted by Crippen LogP contribution is -1.92. The first-order valence-corrected chi connectivity index (χ1v) is 4.72. The third-order valence-corrected chi connectivity index (χ3v) is 1.99. The fourth-order valence-corrected chi connectivity index (χ4v) is 1.16. The van der Waals surface area contributed by atoms with E-state index in [4.69, 9.17) is 16.3 Å². The number of benzene rings is 1. The molecule has 0 spiro atoms. The molecule has 0 N–H and O–H groups in total. The number of hydrogen-bond acceptors (Lipinski definition) is 1. The van der Waals surface area contributed by atoms with Gasteiger partial charge in [-0.3, -0.25) is 0 Å². The maximum Gasteiger partial charge on any atom is 0.0721 e. The van der Waals surface area contributed by atoms with Gasteiger partial charge in [0, 0.05) is 5.88 Å². The monoisotopic (exact) mass is 196 g/mol. The molecule has 0 heterocycles. The molecular weight excluding hydrogens is 184 g/mol. The lowest BCUT2D eigenvalue weighted by molar-refractivity contribution is 0.149. The van der Waals surface area contributed by atoms with Crippen molar-refractivity contribution in [1.29, 1.82) is 0 Å². The zero-order valence-electron chi connectivity index (χ0n) is 7.50. The largest absolute Gasteiger partial charge is 0.373 e. The molecule has 0 saturated heterocycles. The van der Waals surface area contributed by atoms with Gasteiger partial charge < -0.3 is 4.74 Å². The maximum atomic E-state index is 5.66. The molecule has 70 valence electrons. The van der Waals surface area contributed by atoms with Gasteiger partial charge in [-0.15, -0.1) is 18.2 Å². The van der Waals surface area contributed by atoms with Gasteiger partial charge in [0.15, 0.2) is 0 Å². The van der Waals surface area contributed by atoms with Gasteiger partial charge in [-0.2, -0.15) is 0 Å². The Kier molecular flexibility index (Phi) is 4.58. The summed E-state index contributed by atoms with van der Waals surface area (Å²) in [6.45, 7) is 4.80. The van der Waals surface area contributed by atoms with E-state index in [0.717, 1.165) is 11.1 Å². The van der Waals surface area contributed by atoms with Crippen molar-refractivity contribution in [3.63, 3.8) is 0 Å². The molecule has 0 radical (unpaired) electrons. The highest BCUT2D eigenvalue weighted by Crippen LogP contribution is 2.07. The van der Waals surface area contributed by atoms with Crippen LogP contribution in [0.5, 0.6) is 0 Å². The molecule has 0 saturated carbocycles. The Morgan fingerprint density at radius 1 is 1.23 bits per heavy atom. The first-order chi connectivity index (χ1) is 6.36. The van der Waals surface area contributed by atoms with Gasteiger partial charge in [0.1, 0.15) is 0 Å². The maximum absolute atomic E-state index is 5.66. The predicted octanol–water partition coefficient (Wildman–Crippen LogP) is 3.13. The molecule has 0 bridgehead atoms. The summed E-state index contributed by atoms with van der Waals surface area (Å²) in [7, 11) is 0. The second-order valence-corrected chi connectivity index (χ2v) is 3.02. The second-order valence-electron chi connectivity index (χ2n) is 2.75. The summed E-state index contributed by atoms with van der Waals surface area (Å²) < 4.78 is 5.29. The third kappa shape index (κ3) is 3.62. The van der Waals surface area contributed by atoms with Crippen LogP contribution in [0.25, 0.3) is 0 Å². The molecule has 0 unspecified atom stereocenters. The standard InChI is InChI=1S/C11H13ClO/c1-2-7-13-9-11-5-3-10(8-12)4-6-11/h2-6H,1,7-9H2. The van der Waals surface area contributed by atoms with Crippen LogP contribution in [0.4, 0.5) is 0 Å². The summed E-state index contributed by atoms with van der Waals surface area (Å²) in [4.78, 5) is 0.